The molecule has 0 atom stereocenters. The molecular formula is C16H18N2O3S. The Morgan fingerprint density at radius 1 is 1.05 bits per heavy atom. The minimum atomic E-state index is -3.40. The van der Waals surface area contributed by atoms with E-state index < -0.39 is 10.0 Å². The van der Waals surface area contributed by atoms with Crippen molar-refractivity contribution in [3.05, 3.63) is 59.7 Å². The first-order valence-corrected chi connectivity index (χ1v) is 8.65. The molecule has 5 nitrogen and oxygen atoms in total. The zero-order valence-corrected chi connectivity index (χ0v) is 13.3. The fourth-order valence-corrected chi connectivity index (χ4v) is 2.66. The second-order valence-corrected chi connectivity index (χ2v) is 6.88. The van der Waals surface area contributed by atoms with Gasteiger partial charge in [-0.05, 0) is 24.6 Å². The quantitative estimate of drug-likeness (QED) is 0.889. The van der Waals surface area contributed by atoms with Gasteiger partial charge in [-0.15, -0.1) is 0 Å². The van der Waals surface area contributed by atoms with Crippen molar-refractivity contribution < 1.29 is 13.2 Å². The van der Waals surface area contributed by atoms with Gasteiger partial charge in [-0.25, -0.2) is 8.42 Å². The fraction of sp³-hybridized carbons (Fsp3) is 0.188. The van der Waals surface area contributed by atoms with E-state index in [1.807, 2.05) is 31.2 Å². The summed E-state index contributed by atoms with van der Waals surface area (Å²) in [4.78, 5) is 12.1. The molecule has 2 rings (SSSR count). The average Bonchev–Trinajstić information content (AvgIpc) is 2.39. The van der Waals surface area contributed by atoms with Crippen LogP contribution in [0.25, 0.3) is 0 Å². The number of carbonyl (C=O) groups is 1. The van der Waals surface area contributed by atoms with E-state index in [1.54, 1.807) is 24.3 Å². The SMILES string of the molecule is Cc1cccc(CC(=O)Nc2ccccc2NS(C)(=O)=O)c1. The molecule has 0 aromatic heterocycles. The Morgan fingerprint density at radius 3 is 2.36 bits per heavy atom. The third-order valence-electron chi connectivity index (χ3n) is 2.94. The van der Waals surface area contributed by atoms with Gasteiger partial charge in [0.05, 0.1) is 24.1 Å². The average molecular weight is 318 g/mol. The van der Waals surface area contributed by atoms with Crippen LogP contribution >= 0.6 is 0 Å². The fourth-order valence-electron chi connectivity index (χ4n) is 2.08. The zero-order chi connectivity index (χ0) is 16.2. The highest BCUT2D eigenvalue weighted by Gasteiger charge is 2.10. The minimum Gasteiger partial charge on any atom is -0.324 e. The molecule has 0 unspecified atom stereocenters. The summed E-state index contributed by atoms with van der Waals surface area (Å²) in [5.74, 6) is -0.201. The number of nitrogens with one attached hydrogen (secondary N) is 2. The smallest absolute Gasteiger partial charge is 0.229 e. The van der Waals surface area contributed by atoms with Crippen LogP contribution in [-0.4, -0.2) is 20.6 Å². The maximum absolute atomic E-state index is 12.1. The van der Waals surface area contributed by atoms with Gasteiger partial charge in [0.2, 0.25) is 15.9 Å². The number of hydrogen-bond donors (Lipinski definition) is 2. The van der Waals surface area contributed by atoms with Crippen LogP contribution in [0.2, 0.25) is 0 Å². The van der Waals surface area contributed by atoms with Gasteiger partial charge in [0.15, 0.2) is 0 Å². The van der Waals surface area contributed by atoms with E-state index in [0.717, 1.165) is 17.4 Å². The Balaban J connectivity index is 2.12. The summed E-state index contributed by atoms with van der Waals surface area (Å²) in [6.45, 7) is 1.97. The van der Waals surface area contributed by atoms with Crippen molar-refractivity contribution in [1.82, 2.24) is 0 Å². The largest absolute Gasteiger partial charge is 0.324 e. The molecule has 6 heteroatoms. The zero-order valence-electron chi connectivity index (χ0n) is 12.5. The lowest BCUT2D eigenvalue weighted by Gasteiger charge is -2.12. The Bertz CT molecular complexity index is 785. The highest BCUT2D eigenvalue weighted by atomic mass is 32.2. The summed E-state index contributed by atoms with van der Waals surface area (Å²) in [6.07, 6.45) is 1.30. The van der Waals surface area contributed by atoms with Crippen LogP contribution in [0.5, 0.6) is 0 Å². The van der Waals surface area contributed by atoms with Gasteiger partial charge in [0.25, 0.3) is 0 Å². The lowest BCUT2D eigenvalue weighted by molar-refractivity contribution is -0.115. The van der Waals surface area contributed by atoms with Gasteiger partial charge < -0.3 is 5.32 Å². The summed E-state index contributed by atoms with van der Waals surface area (Å²) in [6, 6.07) is 14.4. The van der Waals surface area contributed by atoms with Crippen molar-refractivity contribution in [3.8, 4) is 0 Å². The van der Waals surface area contributed by atoms with Crippen LogP contribution in [0.15, 0.2) is 48.5 Å². The molecule has 22 heavy (non-hydrogen) atoms. The molecule has 0 saturated carbocycles. The second-order valence-electron chi connectivity index (χ2n) is 5.13. The molecule has 1 amide bonds. The van der Waals surface area contributed by atoms with Crippen molar-refractivity contribution in [2.45, 2.75) is 13.3 Å². The highest BCUT2D eigenvalue weighted by Crippen LogP contribution is 2.22. The number of para-hydroxylation sites is 2. The number of rotatable bonds is 5. The van der Waals surface area contributed by atoms with E-state index in [1.165, 1.54) is 0 Å². The van der Waals surface area contributed by atoms with E-state index in [0.29, 0.717) is 11.4 Å². The maximum atomic E-state index is 12.1. The minimum absolute atomic E-state index is 0.201. The number of anilines is 2. The van der Waals surface area contributed by atoms with E-state index in [2.05, 4.69) is 10.0 Å². The third kappa shape index (κ3) is 4.89. The standard InChI is InChI=1S/C16H18N2O3S/c1-12-6-5-7-13(10-12)11-16(19)17-14-8-3-4-9-15(14)18-22(2,20)21/h3-10,18H,11H2,1-2H3,(H,17,19). The molecule has 0 bridgehead atoms. The summed E-state index contributed by atoms with van der Waals surface area (Å²) < 4.78 is 25.1. The van der Waals surface area contributed by atoms with Crippen molar-refractivity contribution in [3.63, 3.8) is 0 Å². The van der Waals surface area contributed by atoms with E-state index in [9.17, 15) is 13.2 Å². The molecule has 2 N–H and O–H groups in total. The Labute approximate surface area is 130 Å². The summed E-state index contributed by atoms with van der Waals surface area (Å²) in [7, 11) is -3.40. The normalized spacial score (nSPS) is 11.0. The molecule has 0 spiro atoms. The summed E-state index contributed by atoms with van der Waals surface area (Å²) >= 11 is 0. The van der Waals surface area contributed by atoms with Crippen molar-refractivity contribution in [2.24, 2.45) is 0 Å². The number of sulfonamides is 1. The van der Waals surface area contributed by atoms with Crippen LogP contribution in [0.1, 0.15) is 11.1 Å². The van der Waals surface area contributed by atoms with E-state index in [4.69, 9.17) is 0 Å². The second kappa shape index (κ2) is 6.62. The first-order valence-electron chi connectivity index (χ1n) is 6.76. The Kier molecular flexibility index (Phi) is 4.82. The van der Waals surface area contributed by atoms with Crippen LogP contribution in [0.4, 0.5) is 11.4 Å². The van der Waals surface area contributed by atoms with Crippen molar-refractivity contribution in [2.75, 3.05) is 16.3 Å². The summed E-state index contributed by atoms with van der Waals surface area (Å²) in [5, 5.41) is 2.74. The topological polar surface area (TPSA) is 75.3 Å². The lowest BCUT2D eigenvalue weighted by Crippen LogP contribution is -2.17. The molecule has 2 aromatic carbocycles. The molecule has 0 aliphatic heterocycles. The molecule has 0 radical (unpaired) electrons. The number of benzene rings is 2. The van der Waals surface area contributed by atoms with Crippen molar-refractivity contribution in [1.29, 1.82) is 0 Å². The molecule has 0 heterocycles. The van der Waals surface area contributed by atoms with E-state index in [-0.39, 0.29) is 12.3 Å². The molecule has 116 valence electrons. The Hall–Kier alpha value is -2.34. The van der Waals surface area contributed by atoms with Crippen LogP contribution in [0.3, 0.4) is 0 Å². The third-order valence-corrected chi connectivity index (χ3v) is 3.53. The van der Waals surface area contributed by atoms with Gasteiger partial charge in [-0.2, -0.15) is 0 Å². The lowest BCUT2D eigenvalue weighted by atomic mass is 10.1. The predicted octanol–water partition coefficient (Wildman–Crippen LogP) is 2.55. The first kappa shape index (κ1) is 16.0. The number of hydrogen-bond acceptors (Lipinski definition) is 3. The number of carbonyl (C=O) groups excluding carboxylic acids is 1. The van der Waals surface area contributed by atoms with Crippen LogP contribution < -0.4 is 10.0 Å². The van der Waals surface area contributed by atoms with Gasteiger partial charge in [0, 0.05) is 0 Å². The Morgan fingerprint density at radius 2 is 1.73 bits per heavy atom. The van der Waals surface area contributed by atoms with Gasteiger partial charge in [-0.3, -0.25) is 9.52 Å². The van der Waals surface area contributed by atoms with Crippen molar-refractivity contribution >= 4 is 27.3 Å². The van der Waals surface area contributed by atoms with Gasteiger partial charge in [-0.1, -0.05) is 42.0 Å². The molecule has 0 aliphatic carbocycles. The number of amides is 1. The highest BCUT2D eigenvalue weighted by molar-refractivity contribution is 7.92. The maximum Gasteiger partial charge on any atom is 0.229 e. The van der Waals surface area contributed by atoms with Crippen LogP contribution in [0, 0.1) is 6.92 Å². The van der Waals surface area contributed by atoms with E-state index >= 15 is 0 Å². The molecule has 2 aromatic rings. The van der Waals surface area contributed by atoms with Gasteiger partial charge >= 0.3 is 0 Å². The molecule has 0 saturated heterocycles. The van der Waals surface area contributed by atoms with Crippen LogP contribution in [-0.2, 0) is 21.2 Å². The molecule has 0 fully saturated rings. The first-order chi connectivity index (χ1) is 10.3. The monoisotopic (exact) mass is 318 g/mol. The molecular weight excluding hydrogens is 300 g/mol. The van der Waals surface area contributed by atoms with Gasteiger partial charge in [0.1, 0.15) is 0 Å². The number of aryl methyl sites for hydroxylation is 1. The summed E-state index contributed by atoms with van der Waals surface area (Å²) in [5.41, 5.74) is 2.78. The predicted molar refractivity (Wildman–Crippen MR) is 88.4 cm³/mol. The molecule has 0 aliphatic rings.